The number of hydrogen-bond acceptors (Lipinski definition) is 5. The van der Waals surface area contributed by atoms with E-state index in [-0.39, 0.29) is 0 Å². The number of ether oxygens (including phenoxy) is 1. The molecule has 0 aliphatic carbocycles. The number of hydrogen-bond donors (Lipinski definition) is 2. The molecule has 0 aliphatic rings. The molecule has 0 aliphatic heterocycles. The van der Waals surface area contributed by atoms with Crippen LogP contribution in [0.5, 0.6) is 5.75 Å². The van der Waals surface area contributed by atoms with E-state index in [2.05, 4.69) is 0 Å². The Hall–Kier alpha value is -2.63. The van der Waals surface area contributed by atoms with Gasteiger partial charge in [-0.05, 0) is 70.4 Å². The van der Waals surface area contributed by atoms with Crippen LogP contribution >= 0.6 is 0 Å². The van der Waals surface area contributed by atoms with Crippen molar-refractivity contribution >= 4 is 11.0 Å². The summed E-state index contributed by atoms with van der Waals surface area (Å²) >= 11 is 0. The molecular weight excluding hydrogens is 368 g/mol. The number of aliphatic hydroxyl groups is 2. The van der Waals surface area contributed by atoms with E-state index in [9.17, 15) is 15.0 Å². The van der Waals surface area contributed by atoms with Crippen LogP contribution in [-0.4, -0.2) is 29.0 Å². The zero-order valence-corrected chi connectivity index (χ0v) is 17.5. The SMILES string of the molecule is CC(C)=CC[C@@H](O)C(C)=C[C@H](O)CC(C)=CCOc1ccc2ccc(=O)oc2c1. The number of fused-ring (bicyclic) bond motifs is 1. The highest BCUT2D eigenvalue weighted by Gasteiger charge is 2.08. The highest BCUT2D eigenvalue weighted by Crippen LogP contribution is 2.20. The Morgan fingerprint density at radius 2 is 1.83 bits per heavy atom. The van der Waals surface area contributed by atoms with Crippen molar-refractivity contribution in [3.63, 3.8) is 0 Å². The molecule has 1 aromatic carbocycles. The van der Waals surface area contributed by atoms with E-state index in [4.69, 9.17) is 9.15 Å². The minimum atomic E-state index is -0.664. The molecule has 0 saturated heterocycles. The van der Waals surface area contributed by atoms with Crippen LogP contribution in [0.3, 0.4) is 0 Å². The second kappa shape index (κ2) is 10.8. The molecule has 0 fully saturated rings. The van der Waals surface area contributed by atoms with Crippen LogP contribution in [0.15, 0.2) is 74.5 Å². The van der Waals surface area contributed by atoms with Crippen LogP contribution < -0.4 is 10.4 Å². The largest absolute Gasteiger partial charge is 0.489 e. The third kappa shape index (κ3) is 7.72. The lowest BCUT2D eigenvalue weighted by Gasteiger charge is -2.13. The van der Waals surface area contributed by atoms with Crippen molar-refractivity contribution in [3.05, 3.63) is 75.7 Å². The molecule has 0 bridgehead atoms. The smallest absolute Gasteiger partial charge is 0.336 e. The molecule has 5 nitrogen and oxygen atoms in total. The lowest BCUT2D eigenvalue weighted by molar-refractivity contribution is 0.199. The third-order valence-electron chi connectivity index (χ3n) is 4.54. The fourth-order valence-electron chi connectivity index (χ4n) is 2.83. The maximum absolute atomic E-state index is 11.3. The molecule has 0 unspecified atom stereocenters. The van der Waals surface area contributed by atoms with Gasteiger partial charge in [0.05, 0.1) is 12.2 Å². The van der Waals surface area contributed by atoms with Gasteiger partial charge < -0.3 is 19.4 Å². The van der Waals surface area contributed by atoms with Gasteiger partial charge in [-0.15, -0.1) is 0 Å². The summed E-state index contributed by atoms with van der Waals surface area (Å²) in [6.45, 7) is 8.07. The molecule has 2 N–H and O–H groups in total. The predicted molar refractivity (Wildman–Crippen MR) is 116 cm³/mol. The standard InChI is InChI=1S/C24H30O5/c1-16(2)5-9-22(26)18(4)14-20(25)13-17(3)11-12-28-21-8-6-19-7-10-24(27)29-23(19)15-21/h5-8,10-11,14-15,20,22,25-26H,9,12-13H2,1-4H3/t20-,22-/m1/s1. The van der Waals surface area contributed by atoms with Crippen molar-refractivity contribution < 1.29 is 19.4 Å². The molecule has 0 spiro atoms. The monoisotopic (exact) mass is 398 g/mol. The molecule has 1 heterocycles. The predicted octanol–water partition coefficient (Wildman–Crippen LogP) is 4.53. The van der Waals surface area contributed by atoms with E-state index in [1.807, 2.05) is 52.0 Å². The van der Waals surface area contributed by atoms with Gasteiger partial charge in [0, 0.05) is 17.5 Å². The van der Waals surface area contributed by atoms with Crippen molar-refractivity contribution in [2.75, 3.05) is 6.61 Å². The van der Waals surface area contributed by atoms with E-state index in [1.165, 1.54) is 6.07 Å². The fraction of sp³-hybridized carbons (Fsp3) is 0.375. The van der Waals surface area contributed by atoms with E-state index >= 15 is 0 Å². The van der Waals surface area contributed by atoms with Crippen molar-refractivity contribution in [1.29, 1.82) is 0 Å². The zero-order valence-electron chi connectivity index (χ0n) is 17.5. The summed E-state index contributed by atoms with van der Waals surface area (Å²) in [4.78, 5) is 11.3. The Kier molecular flexibility index (Phi) is 8.43. The normalized spacial score (nSPS) is 14.6. The van der Waals surface area contributed by atoms with Gasteiger partial charge >= 0.3 is 5.63 Å². The fourth-order valence-corrected chi connectivity index (χ4v) is 2.83. The van der Waals surface area contributed by atoms with Gasteiger partial charge in [-0.2, -0.15) is 0 Å². The summed E-state index contributed by atoms with van der Waals surface area (Å²) in [5, 5.41) is 21.2. The summed E-state index contributed by atoms with van der Waals surface area (Å²) in [6, 6.07) is 8.44. The summed E-state index contributed by atoms with van der Waals surface area (Å²) in [7, 11) is 0. The average Bonchev–Trinajstić information content (AvgIpc) is 2.65. The highest BCUT2D eigenvalue weighted by molar-refractivity contribution is 5.77. The number of aliphatic hydroxyl groups excluding tert-OH is 2. The topological polar surface area (TPSA) is 79.9 Å². The quantitative estimate of drug-likeness (QED) is 0.479. The van der Waals surface area contributed by atoms with Crippen molar-refractivity contribution in [1.82, 2.24) is 0 Å². The number of rotatable bonds is 9. The Morgan fingerprint density at radius 1 is 1.10 bits per heavy atom. The summed E-state index contributed by atoms with van der Waals surface area (Å²) in [6.07, 6.45) is 5.34. The Morgan fingerprint density at radius 3 is 2.55 bits per heavy atom. The minimum Gasteiger partial charge on any atom is -0.489 e. The van der Waals surface area contributed by atoms with Gasteiger partial charge in [-0.25, -0.2) is 4.79 Å². The molecule has 29 heavy (non-hydrogen) atoms. The van der Waals surface area contributed by atoms with E-state index in [0.717, 1.165) is 22.1 Å². The third-order valence-corrected chi connectivity index (χ3v) is 4.54. The van der Waals surface area contributed by atoms with E-state index < -0.39 is 17.8 Å². The Balaban J connectivity index is 1.88. The second-order valence-corrected chi connectivity index (χ2v) is 7.53. The molecule has 2 rings (SSSR count). The Labute approximate surface area is 171 Å². The summed E-state index contributed by atoms with van der Waals surface area (Å²) in [5.41, 5.74) is 2.99. The van der Waals surface area contributed by atoms with Gasteiger partial charge in [0.1, 0.15) is 17.9 Å². The lowest BCUT2D eigenvalue weighted by atomic mass is 10.0. The lowest BCUT2D eigenvalue weighted by Crippen LogP contribution is -2.11. The van der Waals surface area contributed by atoms with Gasteiger partial charge in [0.25, 0.3) is 0 Å². The van der Waals surface area contributed by atoms with Gasteiger partial charge in [-0.3, -0.25) is 0 Å². The van der Waals surface area contributed by atoms with Gasteiger partial charge in [0.15, 0.2) is 0 Å². The number of allylic oxidation sites excluding steroid dienone is 1. The van der Waals surface area contributed by atoms with Gasteiger partial charge in [0.2, 0.25) is 0 Å². The van der Waals surface area contributed by atoms with Crippen LogP contribution in [0.2, 0.25) is 0 Å². The first-order valence-corrected chi connectivity index (χ1v) is 9.74. The van der Waals surface area contributed by atoms with Crippen LogP contribution in [0, 0.1) is 0 Å². The zero-order chi connectivity index (χ0) is 21.4. The molecule has 2 atom stereocenters. The highest BCUT2D eigenvalue weighted by atomic mass is 16.5. The summed E-state index contributed by atoms with van der Waals surface area (Å²) in [5.74, 6) is 0.606. The van der Waals surface area contributed by atoms with Crippen LogP contribution in [0.25, 0.3) is 11.0 Å². The summed E-state index contributed by atoms with van der Waals surface area (Å²) < 4.78 is 10.9. The molecule has 1 aromatic heterocycles. The molecule has 5 heteroatoms. The molecule has 156 valence electrons. The first kappa shape index (κ1) is 22.7. The van der Waals surface area contributed by atoms with Crippen LogP contribution in [-0.2, 0) is 0 Å². The number of benzene rings is 1. The molecule has 0 saturated carbocycles. The maximum atomic E-state index is 11.3. The second-order valence-electron chi connectivity index (χ2n) is 7.53. The van der Waals surface area contributed by atoms with Crippen molar-refractivity contribution in [2.24, 2.45) is 0 Å². The van der Waals surface area contributed by atoms with Crippen LogP contribution in [0.1, 0.15) is 40.5 Å². The molecule has 2 aromatic rings. The van der Waals surface area contributed by atoms with Crippen molar-refractivity contribution in [2.45, 2.75) is 52.7 Å². The molecular formula is C24H30O5. The first-order valence-electron chi connectivity index (χ1n) is 9.74. The maximum Gasteiger partial charge on any atom is 0.336 e. The molecule has 0 radical (unpaired) electrons. The Bertz CT molecular complexity index is 961. The average molecular weight is 398 g/mol. The van der Waals surface area contributed by atoms with E-state index in [0.29, 0.717) is 30.8 Å². The first-order chi connectivity index (χ1) is 13.7. The van der Waals surface area contributed by atoms with Gasteiger partial charge in [-0.1, -0.05) is 23.3 Å². The van der Waals surface area contributed by atoms with Crippen LogP contribution in [0.4, 0.5) is 0 Å². The van der Waals surface area contributed by atoms with Crippen molar-refractivity contribution in [3.8, 4) is 5.75 Å². The molecule has 0 amide bonds. The van der Waals surface area contributed by atoms with E-state index in [1.54, 1.807) is 18.2 Å². The minimum absolute atomic E-state index is 0.340.